The molecule has 1 N–H and O–H groups in total. The minimum atomic E-state index is -1.00. The lowest BCUT2D eigenvalue weighted by Gasteiger charge is -2.12. The Morgan fingerprint density at radius 1 is 1.13 bits per heavy atom. The zero-order valence-electron chi connectivity index (χ0n) is 15.8. The number of anilines is 1. The van der Waals surface area contributed by atoms with Crippen molar-refractivity contribution in [1.82, 2.24) is 25.2 Å². The zero-order chi connectivity index (χ0) is 20.9. The van der Waals surface area contributed by atoms with Crippen LogP contribution in [0.1, 0.15) is 17.3 Å². The van der Waals surface area contributed by atoms with Crippen molar-refractivity contribution in [1.29, 1.82) is 0 Å². The molecule has 4 aromatic rings. The molecule has 10 heteroatoms. The van der Waals surface area contributed by atoms with E-state index in [0.717, 1.165) is 11.3 Å². The van der Waals surface area contributed by atoms with Crippen LogP contribution in [0.5, 0.6) is 0 Å². The number of tetrazole rings is 1. The molecule has 1 amide bonds. The van der Waals surface area contributed by atoms with Crippen molar-refractivity contribution in [3.8, 4) is 16.9 Å². The van der Waals surface area contributed by atoms with Crippen molar-refractivity contribution < 1.29 is 14.3 Å². The number of nitrogens with zero attached hydrogens (tertiary/aromatic N) is 5. The van der Waals surface area contributed by atoms with E-state index in [1.165, 1.54) is 29.3 Å². The first-order valence-corrected chi connectivity index (χ1v) is 9.84. The number of hydrogen-bond donors (Lipinski definition) is 1. The molecule has 0 saturated carbocycles. The van der Waals surface area contributed by atoms with Crippen molar-refractivity contribution in [2.24, 2.45) is 0 Å². The van der Waals surface area contributed by atoms with E-state index in [4.69, 9.17) is 4.74 Å². The van der Waals surface area contributed by atoms with Gasteiger partial charge in [0.25, 0.3) is 5.91 Å². The highest BCUT2D eigenvalue weighted by molar-refractivity contribution is 7.14. The molecule has 30 heavy (non-hydrogen) atoms. The Hall–Kier alpha value is -3.92. The van der Waals surface area contributed by atoms with Crippen molar-refractivity contribution in [3.05, 3.63) is 71.9 Å². The van der Waals surface area contributed by atoms with Gasteiger partial charge in [0.1, 0.15) is 6.33 Å². The van der Waals surface area contributed by atoms with Gasteiger partial charge in [-0.25, -0.2) is 14.5 Å². The van der Waals surface area contributed by atoms with Crippen molar-refractivity contribution >= 4 is 28.3 Å². The first-order chi connectivity index (χ1) is 14.6. The fourth-order valence-corrected chi connectivity index (χ4v) is 3.34. The SMILES string of the molecule is C[C@@H](OC(=O)c1cccc(-n2cnnn2)c1)C(=O)Nc1nc(-c2ccccc2)cs1. The first-order valence-electron chi connectivity index (χ1n) is 8.96. The summed E-state index contributed by atoms with van der Waals surface area (Å²) in [6.07, 6.45) is 0.413. The van der Waals surface area contributed by atoms with E-state index in [0.29, 0.717) is 10.8 Å². The number of rotatable bonds is 6. The highest BCUT2D eigenvalue weighted by atomic mass is 32.1. The Labute approximate surface area is 175 Å². The predicted octanol–water partition coefficient (Wildman–Crippen LogP) is 2.97. The number of carbonyl (C=O) groups is 2. The van der Waals surface area contributed by atoms with E-state index >= 15 is 0 Å². The minimum absolute atomic E-state index is 0.281. The lowest BCUT2D eigenvalue weighted by molar-refractivity contribution is -0.123. The van der Waals surface area contributed by atoms with Crippen LogP contribution in [0.15, 0.2) is 66.3 Å². The number of ether oxygens (including phenoxy) is 1. The summed E-state index contributed by atoms with van der Waals surface area (Å²) >= 11 is 1.30. The fraction of sp³-hybridized carbons (Fsp3) is 0.100. The molecule has 2 aromatic carbocycles. The molecule has 150 valence electrons. The number of carbonyl (C=O) groups excluding carboxylic acids is 2. The van der Waals surface area contributed by atoms with E-state index < -0.39 is 18.0 Å². The average Bonchev–Trinajstić information content (AvgIpc) is 3.47. The predicted molar refractivity (Wildman–Crippen MR) is 110 cm³/mol. The summed E-state index contributed by atoms with van der Waals surface area (Å²) in [4.78, 5) is 29.3. The van der Waals surface area contributed by atoms with Gasteiger partial charge in [-0.1, -0.05) is 36.4 Å². The summed E-state index contributed by atoms with van der Waals surface area (Å²) in [6, 6.07) is 16.2. The second-order valence-corrected chi connectivity index (χ2v) is 7.10. The molecule has 0 bridgehead atoms. The summed E-state index contributed by atoms with van der Waals surface area (Å²) in [5.74, 6) is -1.09. The fourth-order valence-electron chi connectivity index (χ4n) is 2.62. The van der Waals surface area contributed by atoms with Gasteiger partial charge >= 0.3 is 5.97 Å². The van der Waals surface area contributed by atoms with Crippen LogP contribution in [0.3, 0.4) is 0 Å². The monoisotopic (exact) mass is 420 g/mol. The quantitative estimate of drug-likeness (QED) is 0.477. The number of amides is 1. The van der Waals surface area contributed by atoms with Crippen LogP contribution in [0.2, 0.25) is 0 Å². The molecular weight excluding hydrogens is 404 g/mol. The molecule has 0 radical (unpaired) electrons. The Kier molecular flexibility index (Phi) is 5.57. The van der Waals surface area contributed by atoms with Gasteiger partial charge in [0.15, 0.2) is 11.2 Å². The van der Waals surface area contributed by atoms with Crippen LogP contribution in [-0.2, 0) is 9.53 Å². The molecule has 1 atom stereocenters. The molecule has 0 unspecified atom stereocenters. The van der Waals surface area contributed by atoms with Gasteiger partial charge in [-0.15, -0.1) is 16.4 Å². The number of hydrogen-bond acceptors (Lipinski definition) is 8. The number of benzene rings is 2. The maximum absolute atomic E-state index is 12.4. The van der Waals surface area contributed by atoms with Gasteiger partial charge in [0.2, 0.25) is 0 Å². The molecule has 2 aromatic heterocycles. The van der Waals surface area contributed by atoms with Crippen LogP contribution >= 0.6 is 11.3 Å². The van der Waals surface area contributed by atoms with E-state index in [1.54, 1.807) is 24.3 Å². The molecule has 2 heterocycles. The van der Waals surface area contributed by atoms with Crippen molar-refractivity contribution in [2.75, 3.05) is 5.32 Å². The van der Waals surface area contributed by atoms with E-state index in [-0.39, 0.29) is 5.56 Å². The smallest absolute Gasteiger partial charge is 0.338 e. The molecular formula is C20H16N6O3S. The van der Waals surface area contributed by atoms with Crippen LogP contribution in [0, 0.1) is 0 Å². The van der Waals surface area contributed by atoms with Gasteiger partial charge < -0.3 is 4.74 Å². The summed E-state index contributed by atoms with van der Waals surface area (Å²) in [7, 11) is 0. The number of aromatic nitrogens is 5. The number of esters is 1. The van der Waals surface area contributed by atoms with Crippen molar-refractivity contribution in [2.45, 2.75) is 13.0 Å². The Bertz CT molecular complexity index is 1160. The summed E-state index contributed by atoms with van der Waals surface area (Å²) < 4.78 is 6.72. The Morgan fingerprint density at radius 2 is 1.97 bits per heavy atom. The van der Waals surface area contributed by atoms with Crippen LogP contribution in [0.4, 0.5) is 5.13 Å². The lowest BCUT2D eigenvalue weighted by atomic mass is 10.2. The highest BCUT2D eigenvalue weighted by Gasteiger charge is 2.20. The largest absolute Gasteiger partial charge is 0.449 e. The van der Waals surface area contributed by atoms with Gasteiger partial charge in [-0.3, -0.25) is 10.1 Å². The second kappa shape index (κ2) is 8.62. The molecule has 0 fully saturated rings. The standard InChI is InChI=1S/C20H16N6O3S/c1-13(18(27)23-20-22-17(11-30-20)14-6-3-2-4-7-14)29-19(28)15-8-5-9-16(10-15)26-12-21-24-25-26/h2-13H,1H3,(H,22,23,27)/t13-/m1/s1. The normalized spacial score (nSPS) is 11.6. The molecule has 9 nitrogen and oxygen atoms in total. The van der Waals surface area contributed by atoms with Gasteiger partial charge in [0, 0.05) is 10.9 Å². The maximum atomic E-state index is 12.4. The minimum Gasteiger partial charge on any atom is -0.449 e. The Balaban J connectivity index is 1.39. The van der Waals surface area contributed by atoms with Gasteiger partial charge in [-0.05, 0) is 35.5 Å². The third-order valence-electron chi connectivity index (χ3n) is 4.15. The summed E-state index contributed by atoms with van der Waals surface area (Å²) in [5.41, 5.74) is 2.60. The topological polar surface area (TPSA) is 112 Å². The molecule has 4 rings (SSSR count). The second-order valence-electron chi connectivity index (χ2n) is 6.25. The van der Waals surface area contributed by atoms with E-state index in [2.05, 4.69) is 25.8 Å². The Morgan fingerprint density at radius 3 is 2.73 bits per heavy atom. The molecule has 0 spiro atoms. The first kappa shape index (κ1) is 19.4. The number of nitrogens with one attached hydrogen (secondary N) is 1. The van der Waals surface area contributed by atoms with Crippen LogP contribution in [0.25, 0.3) is 16.9 Å². The molecule has 0 aliphatic rings. The summed E-state index contributed by atoms with van der Waals surface area (Å²) in [6.45, 7) is 1.50. The van der Waals surface area contributed by atoms with Crippen LogP contribution < -0.4 is 5.32 Å². The van der Waals surface area contributed by atoms with Gasteiger partial charge in [0.05, 0.1) is 16.9 Å². The third kappa shape index (κ3) is 4.39. The van der Waals surface area contributed by atoms with E-state index in [1.807, 2.05) is 35.7 Å². The molecule has 0 saturated heterocycles. The average molecular weight is 420 g/mol. The van der Waals surface area contributed by atoms with Crippen LogP contribution in [-0.4, -0.2) is 43.2 Å². The lowest BCUT2D eigenvalue weighted by Crippen LogP contribution is -2.30. The van der Waals surface area contributed by atoms with E-state index in [9.17, 15) is 9.59 Å². The van der Waals surface area contributed by atoms with Crippen molar-refractivity contribution in [3.63, 3.8) is 0 Å². The number of thiazole rings is 1. The maximum Gasteiger partial charge on any atom is 0.338 e. The third-order valence-corrected chi connectivity index (χ3v) is 4.91. The van der Waals surface area contributed by atoms with Gasteiger partial charge in [-0.2, -0.15) is 0 Å². The zero-order valence-corrected chi connectivity index (χ0v) is 16.6. The molecule has 0 aliphatic carbocycles. The highest BCUT2D eigenvalue weighted by Crippen LogP contribution is 2.24. The summed E-state index contributed by atoms with van der Waals surface area (Å²) in [5, 5.41) is 15.9. The molecule has 0 aliphatic heterocycles.